The highest BCUT2D eigenvalue weighted by Crippen LogP contribution is 2.35. The standard InChI is InChI=1S/C12H14ClFO2S/c13-12(9-4-6-10(14)7-5-9)11-3-1-2-8-17(11,15)16/h4-7,11-12H,1-3,8H2. The Balaban J connectivity index is 2.24. The molecule has 1 fully saturated rings. The first kappa shape index (κ1) is 12.8. The SMILES string of the molecule is O=S1(=O)CCCCC1C(Cl)c1ccc(F)cc1. The summed E-state index contributed by atoms with van der Waals surface area (Å²) < 4.78 is 36.6. The maximum atomic E-state index is 12.8. The Labute approximate surface area is 106 Å². The molecule has 1 aliphatic heterocycles. The van der Waals surface area contributed by atoms with Crippen LogP contribution in [-0.4, -0.2) is 19.4 Å². The van der Waals surface area contributed by atoms with E-state index in [0.717, 1.165) is 6.42 Å². The Morgan fingerprint density at radius 2 is 1.88 bits per heavy atom. The van der Waals surface area contributed by atoms with Crippen molar-refractivity contribution in [3.63, 3.8) is 0 Å². The van der Waals surface area contributed by atoms with Gasteiger partial charge in [0.05, 0.1) is 16.4 Å². The van der Waals surface area contributed by atoms with Crippen LogP contribution in [0.2, 0.25) is 0 Å². The molecule has 0 spiro atoms. The van der Waals surface area contributed by atoms with Gasteiger partial charge in [-0.25, -0.2) is 12.8 Å². The third-order valence-electron chi connectivity index (χ3n) is 3.14. The van der Waals surface area contributed by atoms with Crippen molar-refractivity contribution in [3.05, 3.63) is 35.6 Å². The van der Waals surface area contributed by atoms with Crippen molar-refractivity contribution < 1.29 is 12.8 Å². The molecule has 1 saturated heterocycles. The van der Waals surface area contributed by atoms with Crippen LogP contribution in [0, 0.1) is 5.82 Å². The fraction of sp³-hybridized carbons (Fsp3) is 0.500. The minimum Gasteiger partial charge on any atom is -0.228 e. The molecule has 94 valence electrons. The second-order valence-corrected chi connectivity index (χ2v) is 7.16. The monoisotopic (exact) mass is 276 g/mol. The van der Waals surface area contributed by atoms with Gasteiger partial charge in [-0.05, 0) is 30.5 Å². The van der Waals surface area contributed by atoms with E-state index in [4.69, 9.17) is 11.6 Å². The molecule has 2 nitrogen and oxygen atoms in total. The topological polar surface area (TPSA) is 34.1 Å². The summed E-state index contributed by atoms with van der Waals surface area (Å²) >= 11 is 6.22. The molecule has 1 heterocycles. The Morgan fingerprint density at radius 1 is 1.24 bits per heavy atom. The third-order valence-corrected chi connectivity index (χ3v) is 6.14. The number of hydrogen-bond donors (Lipinski definition) is 0. The van der Waals surface area contributed by atoms with Gasteiger partial charge in [0.1, 0.15) is 5.82 Å². The van der Waals surface area contributed by atoms with Crippen molar-refractivity contribution in [2.45, 2.75) is 29.9 Å². The Hall–Kier alpha value is -0.610. The molecule has 0 radical (unpaired) electrons. The van der Waals surface area contributed by atoms with Crippen LogP contribution >= 0.6 is 11.6 Å². The lowest BCUT2D eigenvalue weighted by atomic mass is 10.0. The predicted molar refractivity (Wildman–Crippen MR) is 66.4 cm³/mol. The van der Waals surface area contributed by atoms with Crippen LogP contribution < -0.4 is 0 Å². The van der Waals surface area contributed by atoms with Gasteiger partial charge in [0, 0.05) is 0 Å². The van der Waals surface area contributed by atoms with Gasteiger partial charge in [0.25, 0.3) is 0 Å². The number of rotatable bonds is 2. The quantitative estimate of drug-likeness (QED) is 0.778. The van der Waals surface area contributed by atoms with Crippen molar-refractivity contribution in [3.8, 4) is 0 Å². The summed E-state index contributed by atoms with van der Waals surface area (Å²) in [5.74, 6) is -0.133. The zero-order valence-corrected chi connectivity index (χ0v) is 10.8. The summed E-state index contributed by atoms with van der Waals surface area (Å²) in [6, 6.07) is 5.72. The van der Waals surface area contributed by atoms with Crippen molar-refractivity contribution in [2.75, 3.05) is 5.75 Å². The molecular formula is C12H14ClFO2S. The summed E-state index contributed by atoms with van der Waals surface area (Å²) in [5.41, 5.74) is 0.670. The van der Waals surface area contributed by atoms with Crippen LogP contribution in [0.3, 0.4) is 0 Å². The number of hydrogen-bond acceptors (Lipinski definition) is 2. The van der Waals surface area contributed by atoms with Gasteiger partial charge in [-0.15, -0.1) is 11.6 Å². The van der Waals surface area contributed by atoms with Crippen molar-refractivity contribution in [2.24, 2.45) is 0 Å². The van der Waals surface area contributed by atoms with Crippen LogP contribution in [0.4, 0.5) is 4.39 Å². The van der Waals surface area contributed by atoms with Gasteiger partial charge in [-0.2, -0.15) is 0 Å². The fourth-order valence-electron chi connectivity index (χ4n) is 2.17. The van der Waals surface area contributed by atoms with Gasteiger partial charge in [-0.3, -0.25) is 0 Å². The van der Waals surface area contributed by atoms with Crippen molar-refractivity contribution in [1.29, 1.82) is 0 Å². The van der Waals surface area contributed by atoms with Gasteiger partial charge in [0.15, 0.2) is 9.84 Å². The molecule has 17 heavy (non-hydrogen) atoms. The number of halogens is 2. The minimum absolute atomic E-state index is 0.210. The minimum atomic E-state index is -3.11. The van der Waals surface area contributed by atoms with E-state index in [1.54, 1.807) is 12.1 Å². The number of benzene rings is 1. The molecule has 5 heteroatoms. The molecule has 1 aliphatic rings. The molecule has 1 aromatic carbocycles. The maximum Gasteiger partial charge on any atom is 0.154 e. The van der Waals surface area contributed by atoms with Gasteiger partial charge < -0.3 is 0 Å². The van der Waals surface area contributed by atoms with E-state index >= 15 is 0 Å². The molecule has 0 N–H and O–H groups in total. The predicted octanol–water partition coefficient (Wildman–Crippen LogP) is 3.07. The zero-order valence-electron chi connectivity index (χ0n) is 9.27. The number of sulfone groups is 1. The first-order valence-electron chi connectivity index (χ1n) is 5.62. The Bertz CT molecular complexity index is 484. The average molecular weight is 277 g/mol. The molecule has 0 bridgehead atoms. The molecule has 2 rings (SSSR count). The van der Waals surface area contributed by atoms with E-state index in [1.165, 1.54) is 12.1 Å². The zero-order chi connectivity index (χ0) is 12.5. The second kappa shape index (κ2) is 4.94. The third kappa shape index (κ3) is 2.80. The van der Waals surface area contributed by atoms with Crippen LogP contribution in [0.15, 0.2) is 24.3 Å². The second-order valence-electron chi connectivity index (χ2n) is 4.35. The first-order chi connectivity index (χ1) is 8.00. The molecule has 0 aliphatic carbocycles. The summed E-state index contributed by atoms with van der Waals surface area (Å²) in [6.07, 6.45) is 2.19. The van der Waals surface area contributed by atoms with E-state index in [1.807, 2.05) is 0 Å². The van der Waals surface area contributed by atoms with Crippen LogP contribution in [0.25, 0.3) is 0 Å². The molecule has 0 saturated carbocycles. The lowest BCUT2D eigenvalue weighted by Crippen LogP contribution is -2.31. The molecule has 2 unspecified atom stereocenters. The fourth-order valence-corrected chi connectivity index (χ4v) is 4.87. The normalized spacial score (nSPS) is 25.4. The maximum absolute atomic E-state index is 12.8. The summed E-state index contributed by atoms with van der Waals surface area (Å²) in [7, 11) is -3.11. The highest BCUT2D eigenvalue weighted by molar-refractivity contribution is 7.92. The highest BCUT2D eigenvalue weighted by atomic mass is 35.5. The number of alkyl halides is 1. The Morgan fingerprint density at radius 3 is 2.47 bits per heavy atom. The largest absolute Gasteiger partial charge is 0.228 e. The van der Waals surface area contributed by atoms with Crippen molar-refractivity contribution >= 4 is 21.4 Å². The lowest BCUT2D eigenvalue weighted by molar-refractivity contribution is 0.533. The first-order valence-corrected chi connectivity index (χ1v) is 7.77. The highest BCUT2D eigenvalue weighted by Gasteiger charge is 2.35. The molecule has 0 aromatic heterocycles. The molecular weight excluding hydrogens is 263 g/mol. The Kier molecular flexibility index (Phi) is 3.73. The smallest absolute Gasteiger partial charge is 0.154 e. The van der Waals surface area contributed by atoms with Crippen molar-refractivity contribution in [1.82, 2.24) is 0 Å². The van der Waals surface area contributed by atoms with Gasteiger partial charge in [0.2, 0.25) is 0 Å². The van der Waals surface area contributed by atoms with E-state index in [2.05, 4.69) is 0 Å². The molecule has 0 amide bonds. The molecule has 1 aromatic rings. The summed E-state index contributed by atoms with van der Waals surface area (Å²) in [5, 5.41) is -1.12. The van der Waals surface area contributed by atoms with E-state index in [-0.39, 0.29) is 11.6 Å². The van der Waals surface area contributed by atoms with E-state index in [9.17, 15) is 12.8 Å². The van der Waals surface area contributed by atoms with Gasteiger partial charge in [-0.1, -0.05) is 18.6 Å². The van der Waals surface area contributed by atoms with Crippen LogP contribution in [-0.2, 0) is 9.84 Å². The van der Waals surface area contributed by atoms with Crippen LogP contribution in [0.5, 0.6) is 0 Å². The lowest BCUT2D eigenvalue weighted by Gasteiger charge is -2.26. The van der Waals surface area contributed by atoms with Gasteiger partial charge >= 0.3 is 0 Å². The molecule has 2 atom stereocenters. The van der Waals surface area contributed by atoms with E-state index in [0.29, 0.717) is 18.4 Å². The average Bonchev–Trinajstić information content (AvgIpc) is 2.28. The van der Waals surface area contributed by atoms with Crippen LogP contribution in [0.1, 0.15) is 30.2 Å². The summed E-state index contributed by atoms with van der Waals surface area (Å²) in [6.45, 7) is 0. The summed E-state index contributed by atoms with van der Waals surface area (Å²) in [4.78, 5) is 0. The van der Waals surface area contributed by atoms with E-state index < -0.39 is 20.5 Å².